The minimum Gasteiger partial charge on any atom is -0.468 e. The van der Waals surface area contributed by atoms with E-state index < -0.39 is 37.5 Å². The molecule has 1 aromatic rings. The molecule has 0 unspecified atom stereocenters. The summed E-state index contributed by atoms with van der Waals surface area (Å²) in [7, 11) is -3.09. The fourth-order valence-electron chi connectivity index (χ4n) is 1.65. The molecule has 0 aromatic heterocycles. The largest absolute Gasteiger partial charge is 0.468 e. The van der Waals surface area contributed by atoms with E-state index in [0.29, 0.717) is 0 Å². The zero-order valence-corrected chi connectivity index (χ0v) is 12.6. The van der Waals surface area contributed by atoms with Gasteiger partial charge < -0.3 is 4.74 Å². The first-order valence-electron chi connectivity index (χ1n) is 6.04. The van der Waals surface area contributed by atoms with Crippen molar-refractivity contribution in [3.63, 3.8) is 0 Å². The Bertz CT molecular complexity index is 641. The van der Waals surface area contributed by atoms with Crippen LogP contribution in [0.3, 0.4) is 0 Å². The summed E-state index contributed by atoms with van der Waals surface area (Å²) < 4.78 is 31.2. The number of methoxy groups -OCH3 is 1. The zero-order chi connectivity index (χ0) is 16.2. The number of esters is 1. The lowest BCUT2D eigenvalue weighted by Crippen LogP contribution is -2.45. The van der Waals surface area contributed by atoms with Crippen LogP contribution in [0.5, 0.6) is 0 Å². The van der Waals surface area contributed by atoms with Crippen molar-refractivity contribution in [1.29, 1.82) is 0 Å². The molecule has 1 atom stereocenters. The summed E-state index contributed by atoms with van der Waals surface area (Å²) in [5.41, 5.74) is -0.558. The van der Waals surface area contributed by atoms with E-state index >= 15 is 0 Å². The van der Waals surface area contributed by atoms with Crippen molar-refractivity contribution in [3.8, 4) is 0 Å². The second-order valence-electron chi connectivity index (χ2n) is 4.59. The van der Waals surface area contributed by atoms with Crippen molar-refractivity contribution < 1.29 is 22.9 Å². The smallest absolute Gasteiger partial charge is 0.324 e. The number of nitro groups is 1. The third-order valence-electron chi connectivity index (χ3n) is 2.76. The minimum absolute atomic E-state index is 0.380. The summed E-state index contributed by atoms with van der Waals surface area (Å²) >= 11 is 0. The molecule has 0 aliphatic carbocycles. The van der Waals surface area contributed by atoms with Gasteiger partial charge in [0.2, 0.25) is 10.0 Å². The maximum atomic E-state index is 12.3. The summed E-state index contributed by atoms with van der Waals surface area (Å²) in [4.78, 5) is 21.2. The average Bonchev–Trinajstić information content (AvgIpc) is 2.43. The van der Waals surface area contributed by atoms with Gasteiger partial charge in [0.15, 0.2) is 4.90 Å². The van der Waals surface area contributed by atoms with E-state index in [1.54, 1.807) is 13.8 Å². The molecule has 116 valence electrons. The van der Waals surface area contributed by atoms with Crippen molar-refractivity contribution >= 4 is 21.7 Å². The van der Waals surface area contributed by atoms with Crippen LogP contribution in [0.15, 0.2) is 29.2 Å². The van der Waals surface area contributed by atoms with Crippen LogP contribution < -0.4 is 4.72 Å². The van der Waals surface area contributed by atoms with E-state index in [4.69, 9.17) is 0 Å². The lowest BCUT2D eigenvalue weighted by molar-refractivity contribution is -0.387. The first-order valence-corrected chi connectivity index (χ1v) is 7.52. The van der Waals surface area contributed by atoms with E-state index in [9.17, 15) is 23.3 Å². The highest BCUT2D eigenvalue weighted by molar-refractivity contribution is 7.89. The number of carbonyl (C=O) groups is 1. The predicted octanol–water partition coefficient (Wildman–Crippen LogP) is 1.07. The third-order valence-corrected chi connectivity index (χ3v) is 4.24. The number of ether oxygens (including phenoxy) is 1. The number of para-hydroxylation sites is 1. The van der Waals surface area contributed by atoms with Crippen molar-refractivity contribution in [2.24, 2.45) is 5.92 Å². The van der Waals surface area contributed by atoms with Crippen molar-refractivity contribution in [1.82, 2.24) is 4.72 Å². The monoisotopic (exact) mass is 316 g/mol. The summed E-state index contributed by atoms with van der Waals surface area (Å²) in [5, 5.41) is 10.9. The summed E-state index contributed by atoms with van der Waals surface area (Å²) in [6.45, 7) is 3.26. The summed E-state index contributed by atoms with van der Waals surface area (Å²) in [6.07, 6.45) is 0. The molecule has 0 heterocycles. The van der Waals surface area contributed by atoms with E-state index in [0.717, 1.165) is 19.2 Å². The number of rotatable bonds is 6. The molecular weight excluding hydrogens is 300 g/mol. The van der Waals surface area contributed by atoms with Crippen molar-refractivity contribution in [2.45, 2.75) is 24.8 Å². The van der Waals surface area contributed by atoms with Gasteiger partial charge in [0, 0.05) is 6.07 Å². The Kier molecular flexibility index (Phi) is 5.39. The highest BCUT2D eigenvalue weighted by Gasteiger charge is 2.32. The minimum atomic E-state index is -4.23. The van der Waals surface area contributed by atoms with Crippen LogP contribution in [-0.4, -0.2) is 32.5 Å². The van der Waals surface area contributed by atoms with Gasteiger partial charge in [0.25, 0.3) is 5.69 Å². The molecule has 0 bridgehead atoms. The Balaban J connectivity index is 3.23. The highest BCUT2D eigenvalue weighted by Crippen LogP contribution is 2.23. The Hall–Kier alpha value is -2.00. The molecule has 1 rings (SSSR count). The van der Waals surface area contributed by atoms with Gasteiger partial charge in [-0.3, -0.25) is 14.9 Å². The third kappa shape index (κ3) is 3.99. The number of nitrogens with one attached hydrogen (secondary N) is 1. The molecule has 0 radical (unpaired) electrons. The van der Waals surface area contributed by atoms with Gasteiger partial charge in [0.05, 0.1) is 12.0 Å². The molecule has 0 aliphatic rings. The first-order chi connectivity index (χ1) is 9.70. The molecule has 1 N–H and O–H groups in total. The van der Waals surface area contributed by atoms with Gasteiger partial charge in [-0.1, -0.05) is 26.0 Å². The first kappa shape index (κ1) is 17.1. The fraction of sp³-hybridized carbons (Fsp3) is 0.417. The SMILES string of the molecule is COC(=O)[C@H](NS(=O)(=O)c1ccccc1[N+](=O)[O-])C(C)C. The molecule has 8 nitrogen and oxygen atoms in total. The molecule has 0 aliphatic heterocycles. The molecule has 0 amide bonds. The number of benzene rings is 1. The van der Waals surface area contributed by atoms with Crippen LogP contribution in [0.1, 0.15) is 13.8 Å². The Labute approximate surface area is 122 Å². The lowest BCUT2D eigenvalue weighted by Gasteiger charge is -2.19. The van der Waals surface area contributed by atoms with Gasteiger partial charge in [-0.05, 0) is 12.0 Å². The Morgan fingerprint density at radius 2 is 1.90 bits per heavy atom. The Morgan fingerprint density at radius 1 is 1.33 bits per heavy atom. The van der Waals surface area contributed by atoms with Gasteiger partial charge in [-0.25, -0.2) is 8.42 Å². The van der Waals surface area contributed by atoms with E-state index in [1.165, 1.54) is 12.1 Å². The lowest BCUT2D eigenvalue weighted by atomic mass is 10.1. The van der Waals surface area contributed by atoms with Crippen LogP contribution in [0, 0.1) is 16.0 Å². The Morgan fingerprint density at radius 3 is 2.38 bits per heavy atom. The molecule has 0 saturated carbocycles. The van der Waals surface area contributed by atoms with Crippen LogP contribution in [0.25, 0.3) is 0 Å². The molecular formula is C12H16N2O6S. The van der Waals surface area contributed by atoms with Crippen LogP contribution in [0.2, 0.25) is 0 Å². The number of nitrogens with zero attached hydrogens (tertiary/aromatic N) is 1. The molecule has 21 heavy (non-hydrogen) atoms. The van der Waals surface area contributed by atoms with E-state index in [2.05, 4.69) is 9.46 Å². The van der Waals surface area contributed by atoms with E-state index in [1.807, 2.05) is 0 Å². The van der Waals surface area contributed by atoms with Crippen LogP contribution in [0.4, 0.5) is 5.69 Å². The van der Waals surface area contributed by atoms with Gasteiger partial charge in [0.1, 0.15) is 6.04 Å². The van der Waals surface area contributed by atoms with Gasteiger partial charge in [-0.2, -0.15) is 4.72 Å². The van der Waals surface area contributed by atoms with Crippen LogP contribution >= 0.6 is 0 Å². The summed E-state index contributed by atoms with van der Waals surface area (Å²) in [5.74, 6) is -1.14. The second-order valence-corrected chi connectivity index (χ2v) is 6.27. The average molecular weight is 316 g/mol. The molecule has 1 aromatic carbocycles. The zero-order valence-electron chi connectivity index (χ0n) is 11.8. The van der Waals surface area contributed by atoms with Gasteiger partial charge >= 0.3 is 5.97 Å². The normalized spacial score (nSPS) is 13.0. The van der Waals surface area contributed by atoms with Crippen LogP contribution in [-0.2, 0) is 19.6 Å². The maximum absolute atomic E-state index is 12.3. The van der Waals surface area contributed by atoms with Crippen molar-refractivity contribution in [2.75, 3.05) is 7.11 Å². The number of carbonyl (C=O) groups excluding carboxylic acids is 1. The number of nitro benzene ring substituents is 1. The molecule has 0 saturated heterocycles. The summed E-state index contributed by atoms with van der Waals surface area (Å²) in [6, 6.07) is 3.79. The number of hydrogen-bond acceptors (Lipinski definition) is 6. The fourth-order valence-corrected chi connectivity index (χ4v) is 3.15. The van der Waals surface area contributed by atoms with Crippen molar-refractivity contribution in [3.05, 3.63) is 34.4 Å². The highest BCUT2D eigenvalue weighted by atomic mass is 32.2. The van der Waals surface area contributed by atoms with E-state index in [-0.39, 0.29) is 5.92 Å². The second kappa shape index (κ2) is 6.64. The predicted molar refractivity (Wildman–Crippen MR) is 74.1 cm³/mol. The molecule has 0 fully saturated rings. The number of sulfonamides is 1. The quantitative estimate of drug-likeness (QED) is 0.477. The molecule has 0 spiro atoms. The molecule has 9 heteroatoms. The standard InChI is InChI=1S/C12H16N2O6S/c1-8(2)11(12(15)20-3)13-21(18,19)10-7-5-4-6-9(10)14(16)17/h4-8,11,13H,1-3H3/t11-/m1/s1. The topological polar surface area (TPSA) is 116 Å². The maximum Gasteiger partial charge on any atom is 0.324 e. The number of hydrogen-bond donors (Lipinski definition) is 1. The van der Waals surface area contributed by atoms with Gasteiger partial charge in [-0.15, -0.1) is 0 Å².